The molecule has 0 fully saturated rings. The summed E-state index contributed by atoms with van der Waals surface area (Å²) in [5.41, 5.74) is 8.14. The third-order valence-electron chi connectivity index (χ3n) is 2.24. The number of rotatable bonds is 2. The molecule has 16 heavy (non-hydrogen) atoms. The molecule has 0 saturated heterocycles. The summed E-state index contributed by atoms with van der Waals surface area (Å²) in [6.45, 7) is 0. The Hall–Kier alpha value is 0.190. The van der Waals surface area contributed by atoms with Gasteiger partial charge in [0.1, 0.15) is 0 Å². The molecule has 0 saturated carbocycles. The SMILES string of the molecule is NC(c1csc(I)c1)c1ccc(Cl)cc1Cl. The van der Waals surface area contributed by atoms with E-state index in [1.807, 2.05) is 6.07 Å². The van der Waals surface area contributed by atoms with Crippen molar-refractivity contribution in [1.29, 1.82) is 0 Å². The Bertz CT molecular complexity index is 512. The van der Waals surface area contributed by atoms with E-state index in [4.69, 9.17) is 28.9 Å². The van der Waals surface area contributed by atoms with Crippen LogP contribution in [0.1, 0.15) is 17.2 Å². The van der Waals surface area contributed by atoms with Gasteiger partial charge in [0.25, 0.3) is 0 Å². The first-order chi connectivity index (χ1) is 7.58. The van der Waals surface area contributed by atoms with E-state index in [1.165, 1.54) is 2.88 Å². The fourth-order valence-corrected chi connectivity index (χ4v) is 3.35. The topological polar surface area (TPSA) is 26.0 Å². The minimum Gasteiger partial charge on any atom is -0.320 e. The lowest BCUT2D eigenvalue weighted by atomic mass is 10.0. The number of benzene rings is 1. The molecule has 0 aliphatic rings. The van der Waals surface area contributed by atoms with Gasteiger partial charge in [0.2, 0.25) is 0 Å². The smallest absolute Gasteiger partial charge is 0.0656 e. The standard InChI is InChI=1S/C11H8Cl2INS/c12-7-1-2-8(9(13)4-7)11(15)6-3-10(14)16-5-6/h1-5,11H,15H2. The van der Waals surface area contributed by atoms with E-state index in [0.717, 1.165) is 11.1 Å². The van der Waals surface area contributed by atoms with E-state index >= 15 is 0 Å². The van der Waals surface area contributed by atoms with Gasteiger partial charge in [-0.25, -0.2) is 0 Å². The van der Waals surface area contributed by atoms with E-state index in [9.17, 15) is 0 Å². The molecule has 2 N–H and O–H groups in total. The highest BCUT2D eigenvalue weighted by atomic mass is 127. The van der Waals surface area contributed by atoms with Gasteiger partial charge in [-0.05, 0) is 57.3 Å². The molecule has 84 valence electrons. The lowest BCUT2D eigenvalue weighted by molar-refractivity contribution is 0.877. The van der Waals surface area contributed by atoms with Gasteiger partial charge in [-0.1, -0.05) is 29.3 Å². The lowest BCUT2D eigenvalue weighted by Gasteiger charge is -2.12. The van der Waals surface area contributed by atoms with E-state index < -0.39 is 0 Å². The third kappa shape index (κ3) is 2.71. The molecule has 0 radical (unpaired) electrons. The fraction of sp³-hybridized carbons (Fsp3) is 0.0909. The van der Waals surface area contributed by atoms with Crippen molar-refractivity contribution >= 4 is 57.1 Å². The van der Waals surface area contributed by atoms with E-state index in [1.54, 1.807) is 23.5 Å². The number of hydrogen-bond acceptors (Lipinski definition) is 2. The Morgan fingerprint density at radius 2 is 2.00 bits per heavy atom. The zero-order valence-corrected chi connectivity index (χ0v) is 12.6. The van der Waals surface area contributed by atoms with Gasteiger partial charge < -0.3 is 5.73 Å². The zero-order valence-electron chi connectivity index (χ0n) is 8.08. The zero-order chi connectivity index (χ0) is 11.7. The largest absolute Gasteiger partial charge is 0.320 e. The first kappa shape index (κ1) is 12.6. The van der Waals surface area contributed by atoms with Crippen LogP contribution in [0.5, 0.6) is 0 Å². The summed E-state index contributed by atoms with van der Waals surface area (Å²) in [5.74, 6) is 0. The normalized spacial score (nSPS) is 12.8. The van der Waals surface area contributed by atoms with Crippen molar-refractivity contribution in [2.75, 3.05) is 0 Å². The maximum Gasteiger partial charge on any atom is 0.0656 e. The molecule has 0 bridgehead atoms. The Labute approximate surface area is 122 Å². The van der Waals surface area contributed by atoms with Crippen molar-refractivity contribution in [3.05, 3.63) is 53.7 Å². The van der Waals surface area contributed by atoms with Gasteiger partial charge in [0.15, 0.2) is 0 Å². The molecule has 1 nitrogen and oxygen atoms in total. The van der Waals surface area contributed by atoms with Crippen LogP contribution >= 0.6 is 57.1 Å². The number of nitrogens with two attached hydrogens (primary N) is 1. The second-order valence-corrected chi connectivity index (χ2v) is 6.98. The minimum absolute atomic E-state index is 0.190. The molecule has 0 aliphatic carbocycles. The Morgan fingerprint density at radius 3 is 2.56 bits per heavy atom. The Morgan fingerprint density at radius 1 is 1.25 bits per heavy atom. The average Bonchev–Trinajstić information content (AvgIpc) is 2.64. The molecule has 0 aliphatic heterocycles. The molecule has 2 aromatic rings. The molecule has 0 spiro atoms. The van der Waals surface area contributed by atoms with Crippen molar-refractivity contribution < 1.29 is 0 Å². The van der Waals surface area contributed by atoms with Gasteiger partial charge >= 0.3 is 0 Å². The van der Waals surface area contributed by atoms with E-state index in [0.29, 0.717) is 10.0 Å². The van der Waals surface area contributed by atoms with Crippen LogP contribution in [-0.4, -0.2) is 0 Å². The van der Waals surface area contributed by atoms with Gasteiger partial charge in [-0.3, -0.25) is 0 Å². The molecular weight excluding hydrogens is 376 g/mol. The van der Waals surface area contributed by atoms with Crippen molar-refractivity contribution in [3.8, 4) is 0 Å². The molecule has 1 atom stereocenters. The first-order valence-electron chi connectivity index (χ1n) is 4.52. The van der Waals surface area contributed by atoms with Gasteiger partial charge in [-0.2, -0.15) is 0 Å². The number of halogens is 3. The highest BCUT2D eigenvalue weighted by Crippen LogP contribution is 2.31. The van der Waals surface area contributed by atoms with Crippen LogP contribution in [0.25, 0.3) is 0 Å². The molecule has 0 amide bonds. The van der Waals surface area contributed by atoms with E-state index in [2.05, 4.69) is 34.0 Å². The van der Waals surface area contributed by atoms with Gasteiger partial charge in [0.05, 0.1) is 8.93 Å². The van der Waals surface area contributed by atoms with Crippen LogP contribution in [-0.2, 0) is 0 Å². The van der Waals surface area contributed by atoms with Crippen LogP contribution in [0.4, 0.5) is 0 Å². The molecule has 1 aromatic heterocycles. The van der Waals surface area contributed by atoms with Crippen LogP contribution < -0.4 is 5.73 Å². The molecule has 5 heteroatoms. The van der Waals surface area contributed by atoms with Crippen LogP contribution in [0.2, 0.25) is 10.0 Å². The molecular formula is C11H8Cl2INS. The average molecular weight is 384 g/mol. The predicted octanol–water partition coefficient (Wildman–Crippen LogP) is 4.71. The lowest BCUT2D eigenvalue weighted by Crippen LogP contribution is -2.11. The van der Waals surface area contributed by atoms with Crippen LogP contribution in [0, 0.1) is 2.88 Å². The van der Waals surface area contributed by atoms with Gasteiger partial charge in [0, 0.05) is 10.0 Å². The van der Waals surface area contributed by atoms with Crippen molar-refractivity contribution in [2.45, 2.75) is 6.04 Å². The monoisotopic (exact) mass is 383 g/mol. The quantitative estimate of drug-likeness (QED) is 0.747. The maximum absolute atomic E-state index is 6.16. The summed E-state index contributed by atoms with van der Waals surface area (Å²) in [6, 6.07) is 7.28. The fourth-order valence-electron chi connectivity index (χ4n) is 1.42. The third-order valence-corrected chi connectivity index (χ3v) is 4.61. The van der Waals surface area contributed by atoms with Gasteiger partial charge in [-0.15, -0.1) is 11.3 Å². The highest BCUT2D eigenvalue weighted by Gasteiger charge is 2.13. The highest BCUT2D eigenvalue weighted by molar-refractivity contribution is 14.1. The second-order valence-electron chi connectivity index (χ2n) is 3.33. The summed E-state index contributed by atoms with van der Waals surface area (Å²) < 4.78 is 1.22. The second kappa shape index (κ2) is 5.23. The van der Waals surface area contributed by atoms with Crippen LogP contribution in [0.15, 0.2) is 29.6 Å². The van der Waals surface area contributed by atoms with Crippen LogP contribution in [0.3, 0.4) is 0 Å². The summed E-state index contributed by atoms with van der Waals surface area (Å²) in [6.07, 6.45) is 0. The number of hydrogen-bond donors (Lipinski definition) is 1. The molecule has 1 aromatic carbocycles. The summed E-state index contributed by atoms with van der Waals surface area (Å²) in [4.78, 5) is 0. The molecule has 1 unspecified atom stereocenters. The summed E-state index contributed by atoms with van der Waals surface area (Å²) in [7, 11) is 0. The Balaban J connectivity index is 2.37. The van der Waals surface area contributed by atoms with Crippen molar-refractivity contribution in [2.24, 2.45) is 5.73 Å². The predicted molar refractivity (Wildman–Crippen MR) is 79.5 cm³/mol. The van der Waals surface area contributed by atoms with Crippen molar-refractivity contribution in [1.82, 2.24) is 0 Å². The Kier molecular flexibility index (Phi) is 4.13. The van der Waals surface area contributed by atoms with E-state index in [-0.39, 0.29) is 6.04 Å². The first-order valence-corrected chi connectivity index (χ1v) is 7.24. The maximum atomic E-state index is 6.16. The molecule has 2 rings (SSSR count). The summed E-state index contributed by atoms with van der Waals surface area (Å²) >= 11 is 15.9. The van der Waals surface area contributed by atoms with Crippen molar-refractivity contribution in [3.63, 3.8) is 0 Å². The minimum atomic E-state index is -0.190. The summed E-state index contributed by atoms with van der Waals surface area (Å²) in [5, 5.41) is 3.29. The number of thiophene rings is 1. The molecule has 1 heterocycles.